The topological polar surface area (TPSA) is 279 Å². The van der Waals surface area contributed by atoms with E-state index in [-0.39, 0.29) is 50.2 Å². The maximum atomic E-state index is 14.2. The maximum Gasteiger partial charge on any atom is 0.334 e. The molecule has 0 saturated carbocycles. The molecule has 0 aliphatic carbocycles. The van der Waals surface area contributed by atoms with Crippen LogP contribution in [0.1, 0.15) is 115 Å². The second-order valence-electron chi connectivity index (χ2n) is 23.2. The molecule has 0 radical (unpaired) electrons. The minimum atomic E-state index is -2.53. The molecule has 0 aromatic rings. The van der Waals surface area contributed by atoms with Crippen LogP contribution in [0.2, 0.25) is 0 Å². The van der Waals surface area contributed by atoms with Crippen LogP contribution in [0.5, 0.6) is 0 Å². The number of hydrogen-bond donors (Lipinski definition) is 7. The Labute approximate surface area is 474 Å². The highest BCUT2D eigenvalue weighted by molar-refractivity contribution is 5.88. The van der Waals surface area contributed by atoms with Crippen LogP contribution in [-0.4, -0.2) is 218 Å². The summed E-state index contributed by atoms with van der Waals surface area (Å²) in [6.45, 7) is 19.4. The first kappa shape index (κ1) is 68.2. The first-order chi connectivity index (χ1) is 37.6. The summed E-state index contributed by atoms with van der Waals surface area (Å²) < 4.78 is 78.4. The average molecular weight is 1140 g/mol. The Morgan fingerprint density at radius 2 is 1.40 bits per heavy atom. The third-order valence-corrected chi connectivity index (χ3v) is 16.6. The largest absolute Gasteiger partial charge is 0.456 e. The molecule has 5 aliphatic heterocycles. The molecular formula is C59H98O21. The van der Waals surface area contributed by atoms with Gasteiger partial charge < -0.3 is 97.3 Å². The number of allylic oxidation sites excluding steroid dienone is 7. The van der Waals surface area contributed by atoms with Gasteiger partial charge in [0.1, 0.15) is 42.7 Å². The zero-order valence-corrected chi connectivity index (χ0v) is 50.0. The van der Waals surface area contributed by atoms with Crippen LogP contribution < -0.4 is 0 Å². The Balaban J connectivity index is 1.38. The van der Waals surface area contributed by atoms with Gasteiger partial charge in [-0.2, -0.15) is 0 Å². The minimum Gasteiger partial charge on any atom is -0.456 e. The SMILES string of the molecule is COC[C@@H](C[C@H]1O[C@@](O)([C@H](O)[C@@H]2C[C@H](OC)[C@@H](O)CC/C=C(C)/C=C/[C@@H](O[C@@H]3O[C@@H](C)[C@H](OC)[C@@H](O)[C@@H]3OC)[C@H](C)/C=C(C)/C=C(C)/C=C(\C)C(=O)O2)[C@H](C)[C@@H](O)[C@H]1C)O[C@H]1C[C@](C)(O)[C@@H](O[C@H]2C[C@@H](OC)[C@H](O)[C@@H](C)O2)[C@H](C)O1. The van der Waals surface area contributed by atoms with Gasteiger partial charge in [-0.25, -0.2) is 4.79 Å². The Hall–Kier alpha value is -2.59. The van der Waals surface area contributed by atoms with E-state index in [1.54, 1.807) is 47.6 Å². The van der Waals surface area contributed by atoms with E-state index in [1.165, 1.54) is 42.5 Å². The van der Waals surface area contributed by atoms with E-state index in [2.05, 4.69) is 0 Å². The van der Waals surface area contributed by atoms with Crippen molar-refractivity contribution < 1.29 is 102 Å². The summed E-state index contributed by atoms with van der Waals surface area (Å²) in [6.07, 6.45) is -6.56. The summed E-state index contributed by atoms with van der Waals surface area (Å²) in [5.74, 6) is -5.36. The molecule has 0 spiro atoms. The number of aliphatic hydroxyl groups excluding tert-OH is 5. The standard InChI is InChI=1S/C59H98O21/c1-30-18-17-19-41(60)44(69-13)26-46(77-56(65)34(5)24-32(3)22-31(2)23-33(4)42(21-20-30)78-57-53(72-16)51(63)52(71-15)38(9)75-57)54(64)59(67)36(7)49(61)35(6)43(80-59)25-40(29-68-12)76-48-28-58(11,66)55(39(10)74-48)79-47-27-45(70-14)50(62)37(8)73-47/h18,20-24,33,35-55,57,60-64,66-67H,17,19,25-29H2,1-16H3/b21-20+,30-18+,31-23+,32-22+,34-24+/t33-,35+,36-,37-,38+,39+,40-,41+,42-,43-,44+,45-,46+,47+,48+,49+,50-,51-,52+,53+,54-,55+,57+,58+,59-/m1/s1. The Kier molecular flexibility index (Phi) is 26.0. The molecule has 21 nitrogen and oxygen atoms in total. The highest BCUT2D eigenvalue weighted by Crippen LogP contribution is 2.43. The molecule has 7 N–H and O–H groups in total. The number of carbonyl (C=O) groups is 1. The molecule has 21 heteroatoms. The van der Waals surface area contributed by atoms with Crippen molar-refractivity contribution in [2.45, 2.75) is 249 Å². The average Bonchev–Trinajstić information content (AvgIpc) is 3.38. The van der Waals surface area contributed by atoms with Gasteiger partial charge in [0.25, 0.3) is 0 Å². The lowest BCUT2D eigenvalue weighted by molar-refractivity contribution is -0.366. The Morgan fingerprint density at radius 3 is 2.02 bits per heavy atom. The number of carbonyl (C=O) groups excluding carboxylic acids is 1. The molecule has 0 bridgehead atoms. The summed E-state index contributed by atoms with van der Waals surface area (Å²) in [5.41, 5.74) is 1.09. The van der Waals surface area contributed by atoms with Gasteiger partial charge in [0.05, 0.1) is 73.2 Å². The van der Waals surface area contributed by atoms with Gasteiger partial charge in [-0.05, 0) is 74.3 Å². The number of methoxy groups -OCH3 is 5. The first-order valence-electron chi connectivity index (χ1n) is 28.3. The van der Waals surface area contributed by atoms with Gasteiger partial charge in [-0.15, -0.1) is 0 Å². The normalized spacial score (nSPS) is 46.2. The summed E-state index contributed by atoms with van der Waals surface area (Å²) >= 11 is 0. The van der Waals surface area contributed by atoms with E-state index >= 15 is 0 Å². The summed E-state index contributed by atoms with van der Waals surface area (Å²) in [6, 6.07) is 0. The second kappa shape index (κ2) is 30.5. The fourth-order valence-corrected chi connectivity index (χ4v) is 11.9. The van der Waals surface area contributed by atoms with Gasteiger partial charge in [-0.3, -0.25) is 0 Å². The maximum absolute atomic E-state index is 14.2. The van der Waals surface area contributed by atoms with E-state index < -0.39 is 152 Å². The molecule has 0 aromatic heterocycles. The predicted molar refractivity (Wildman–Crippen MR) is 292 cm³/mol. The molecule has 5 rings (SSSR count). The van der Waals surface area contributed by atoms with Crippen molar-refractivity contribution in [1.82, 2.24) is 0 Å². The van der Waals surface area contributed by atoms with Crippen LogP contribution >= 0.6 is 0 Å². The molecule has 80 heavy (non-hydrogen) atoms. The smallest absolute Gasteiger partial charge is 0.334 e. The van der Waals surface area contributed by atoms with Crippen LogP contribution in [-0.2, 0) is 66.4 Å². The second-order valence-corrected chi connectivity index (χ2v) is 23.2. The molecule has 4 saturated heterocycles. The minimum absolute atomic E-state index is 0.0117. The van der Waals surface area contributed by atoms with Crippen molar-refractivity contribution in [3.63, 3.8) is 0 Å². The molecular weight excluding hydrogens is 1040 g/mol. The Morgan fingerprint density at radius 1 is 0.738 bits per heavy atom. The van der Waals surface area contributed by atoms with E-state index in [1.807, 2.05) is 58.1 Å². The van der Waals surface area contributed by atoms with Crippen molar-refractivity contribution in [2.24, 2.45) is 17.8 Å². The van der Waals surface area contributed by atoms with Gasteiger partial charge in [-0.1, -0.05) is 67.9 Å². The van der Waals surface area contributed by atoms with Crippen molar-refractivity contribution in [2.75, 3.05) is 42.2 Å². The van der Waals surface area contributed by atoms with Crippen LogP contribution in [0.4, 0.5) is 0 Å². The molecule has 460 valence electrons. The lowest BCUT2D eigenvalue weighted by Gasteiger charge is -2.51. The van der Waals surface area contributed by atoms with Crippen molar-refractivity contribution >= 4 is 5.97 Å². The van der Waals surface area contributed by atoms with E-state index in [0.717, 1.165) is 11.1 Å². The fraction of sp³-hybridized carbons (Fsp3) is 0.814. The molecule has 5 heterocycles. The number of ether oxygens (including phenoxy) is 13. The van der Waals surface area contributed by atoms with Crippen LogP contribution in [0, 0.1) is 17.8 Å². The third-order valence-electron chi connectivity index (χ3n) is 16.6. The quantitative estimate of drug-likeness (QED) is 0.106. The summed E-state index contributed by atoms with van der Waals surface area (Å²) in [7, 11) is 7.37. The molecule has 0 amide bonds. The van der Waals surface area contributed by atoms with Crippen molar-refractivity contribution in [3.05, 3.63) is 58.7 Å². The highest BCUT2D eigenvalue weighted by Gasteiger charge is 2.58. The lowest BCUT2D eigenvalue weighted by Crippen LogP contribution is -2.66. The molecule has 0 aromatic carbocycles. The molecule has 25 atom stereocenters. The predicted octanol–water partition coefficient (Wildman–Crippen LogP) is 4.24. The number of aliphatic hydroxyl groups is 7. The number of hydrogen-bond acceptors (Lipinski definition) is 21. The highest BCUT2D eigenvalue weighted by atomic mass is 16.7. The molecule has 5 aliphatic rings. The molecule has 4 fully saturated rings. The number of esters is 1. The number of cyclic esters (lactones) is 1. The van der Waals surface area contributed by atoms with E-state index in [4.69, 9.17) is 61.6 Å². The van der Waals surface area contributed by atoms with Gasteiger partial charge in [0.15, 0.2) is 18.9 Å². The van der Waals surface area contributed by atoms with E-state index in [9.17, 15) is 40.5 Å². The summed E-state index contributed by atoms with van der Waals surface area (Å²) in [4.78, 5) is 14.2. The van der Waals surface area contributed by atoms with Crippen molar-refractivity contribution in [1.29, 1.82) is 0 Å². The first-order valence-corrected chi connectivity index (χ1v) is 28.3. The zero-order chi connectivity index (χ0) is 59.6. The van der Waals surface area contributed by atoms with Crippen LogP contribution in [0.25, 0.3) is 0 Å². The zero-order valence-electron chi connectivity index (χ0n) is 50.0. The van der Waals surface area contributed by atoms with E-state index in [0.29, 0.717) is 12.0 Å². The molecule has 0 unspecified atom stereocenters. The van der Waals surface area contributed by atoms with Gasteiger partial charge >= 0.3 is 5.97 Å². The third kappa shape index (κ3) is 17.3. The van der Waals surface area contributed by atoms with Gasteiger partial charge in [0, 0.05) is 84.6 Å². The Bertz CT molecular complexity index is 2100. The monoisotopic (exact) mass is 1140 g/mol. The van der Waals surface area contributed by atoms with Crippen LogP contribution in [0.3, 0.4) is 0 Å². The number of rotatable bonds is 16. The van der Waals surface area contributed by atoms with Crippen molar-refractivity contribution in [3.8, 4) is 0 Å². The fourth-order valence-electron chi connectivity index (χ4n) is 11.9. The lowest BCUT2D eigenvalue weighted by atomic mass is 9.76. The van der Waals surface area contributed by atoms with Gasteiger partial charge in [0.2, 0.25) is 5.79 Å². The van der Waals surface area contributed by atoms with Crippen LogP contribution in [0.15, 0.2) is 58.7 Å². The summed E-state index contributed by atoms with van der Waals surface area (Å²) in [5, 5.41) is 82.1.